The van der Waals surface area contributed by atoms with E-state index in [1.807, 2.05) is 25.7 Å². The Bertz CT molecular complexity index is 620. The van der Waals surface area contributed by atoms with Crippen LogP contribution in [0.4, 0.5) is 4.39 Å². The van der Waals surface area contributed by atoms with Crippen molar-refractivity contribution in [2.45, 2.75) is 40.2 Å². The molecule has 2 amide bonds. The minimum atomic E-state index is -0.390. The van der Waals surface area contributed by atoms with Crippen molar-refractivity contribution >= 4 is 27.7 Å². The largest absolute Gasteiger partial charge is 0.352 e. The maximum absolute atomic E-state index is 13.3. The van der Waals surface area contributed by atoms with E-state index in [2.05, 4.69) is 21.2 Å². The molecule has 1 fully saturated rings. The number of rotatable bonds is 3. The van der Waals surface area contributed by atoms with Crippen LogP contribution in [0.3, 0.4) is 0 Å². The van der Waals surface area contributed by atoms with E-state index in [-0.39, 0.29) is 30.1 Å². The third kappa shape index (κ3) is 4.79. The standard InChI is InChI=1S/C18H24BrFN2O2/c1-18(2,3)17(24)22-8-6-12(7-9-22)16(23)21-11-13-10-14(20)4-5-15(13)19/h4-5,10,12H,6-9,11H2,1-3H3,(H,21,23). The Morgan fingerprint density at radius 3 is 2.50 bits per heavy atom. The molecule has 1 N–H and O–H groups in total. The Kier molecular flexibility index (Phi) is 6.01. The average molecular weight is 399 g/mol. The van der Waals surface area contributed by atoms with Gasteiger partial charge in [0.2, 0.25) is 11.8 Å². The van der Waals surface area contributed by atoms with Crippen LogP contribution >= 0.6 is 15.9 Å². The van der Waals surface area contributed by atoms with Crippen molar-refractivity contribution in [3.8, 4) is 0 Å². The number of hydrogen-bond donors (Lipinski definition) is 1. The highest BCUT2D eigenvalue weighted by molar-refractivity contribution is 9.10. The van der Waals surface area contributed by atoms with E-state index in [0.29, 0.717) is 31.5 Å². The van der Waals surface area contributed by atoms with Gasteiger partial charge in [-0.15, -0.1) is 0 Å². The van der Waals surface area contributed by atoms with Gasteiger partial charge in [-0.05, 0) is 36.6 Å². The zero-order valence-corrected chi connectivity index (χ0v) is 16.0. The zero-order chi connectivity index (χ0) is 17.9. The maximum atomic E-state index is 13.3. The Hall–Kier alpha value is -1.43. The molecule has 0 radical (unpaired) electrons. The normalized spacial score (nSPS) is 16.1. The Morgan fingerprint density at radius 2 is 1.92 bits per heavy atom. The number of hydrogen-bond acceptors (Lipinski definition) is 2. The van der Waals surface area contributed by atoms with Gasteiger partial charge in [-0.3, -0.25) is 9.59 Å². The van der Waals surface area contributed by atoms with E-state index in [9.17, 15) is 14.0 Å². The highest BCUT2D eigenvalue weighted by atomic mass is 79.9. The van der Waals surface area contributed by atoms with E-state index in [1.54, 1.807) is 6.07 Å². The summed E-state index contributed by atoms with van der Waals surface area (Å²) in [5, 5.41) is 2.87. The monoisotopic (exact) mass is 398 g/mol. The van der Waals surface area contributed by atoms with Gasteiger partial charge >= 0.3 is 0 Å². The number of carbonyl (C=O) groups excluding carboxylic acids is 2. The second-order valence-electron chi connectivity index (χ2n) is 7.27. The Morgan fingerprint density at radius 1 is 1.29 bits per heavy atom. The van der Waals surface area contributed by atoms with Gasteiger partial charge in [0.25, 0.3) is 0 Å². The maximum Gasteiger partial charge on any atom is 0.227 e. The highest BCUT2D eigenvalue weighted by Gasteiger charge is 2.32. The van der Waals surface area contributed by atoms with Crippen molar-refractivity contribution < 1.29 is 14.0 Å². The fourth-order valence-corrected chi connectivity index (χ4v) is 3.21. The fraction of sp³-hybridized carbons (Fsp3) is 0.556. The van der Waals surface area contributed by atoms with Crippen molar-refractivity contribution in [2.75, 3.05) is 13.1 Å². The first-order chi connectivity index (χ1) is 11.2. The van der Waals surface area contributed by atoms with E-state index < -0.39 is 5.41 Å². The van der Waals surface area contributed by atoms with Gasteiger partial charge in [0, 0.05) is 35.4 Å². The summed E-state index contributed by atoms with van der Waals surface area (Å²) in [6, 6.07) is 4.42. The van der Waals surface area contributed by atoms with Crippen molar-refractivity contribution in [3.63, 3.8) is 0 Å². The molecule has 24 heavy (non-hydrogen) atoms. The summed E-state index contributed by atoms with van der Waals surface area (Å²) in [5.41, 5.74) is 0.322. The molecule has 1 saturated heterocycles. The summed E-state index contributed by atoms with van der Waals surface area (Å²) in [6.45, 7) is 7.23. The van der Waals surface area contributed by atoms with Gasteiger partial charge in [-0.25, -0.2) is 4.39 Å². The van der Waals surface area contributed by atoms with Crippen LogP contribution in [0.15, 0.2) is 22.7 Å². The Labute approximate surface area is 150 Å². The molecular weight excluding hydrogens is 375 g/mol. The van der Waals surface area contributed by atoms with E-state index in [4.69, 9.17) is 0 Å². The highest BCUT2D eigenvalue weighted by Crippen LogP contribution is 2.24. The van der Waals surface area contributed by atoms with E-state index >= 15 is 0 Å². The summed E-state index contributed by atoms with van der Waals surface area (Å²) in [7, 11) is 0. The van der Waals surface area contributed by atoms with Gasteiger partial charge in [-0.2, -0.15) is 0 Å². The molecule has 1 aromatic carbocycles. The van der Waals surface area contributed by atoms with Crippen LogP contribution in [0.25, 0.3) is 0 Å². The van der Waals surface area contributed by atoms with Crippen LogP contribution < -0.4 is 5.32 Å². The van der Waals surface area contributed by atoms with Crippen LogP contribution in [0.5, 0.6) is 0 Å². The molecule has 0 bridgehead atoms. The second-order valence-corrected chi connectivity index (χ2v) is 8.12. The fourth-order valence-electron chi connectivity index (χ4n) is 2.82. The minimum Gasteiger partial charge on any atom is -0.352 e. The molecule has 1 aliphatic heterocycles. The van der Waals surface area contributed by atoms with Crippen molar-refractivity contribution in [1.29, 1.82) is 0 Å². The molecule has 132 valence electrons. The number of likely N-dealkylation sites (tertiary alicyclic amines) is 1. The lowest BCUT2D eigenvalue weighted by atomic mass is 9.90. The van der Waals surface area contributed by atoms with Crippen molar-refractivity contribution in [3.05, 3.63) is 34.1 Å². The molecule has 1 aromatic rings. The van der Waals surface area contributed by atoms with E-state index in [0.717, 1.165) is 4.47 Å². The topological polar surface area (TPSA) is 49.4 Å². The van der Waals surface area contributed by atoms with Gasteiger partial charge in [-0.1, -0.05) is 36.7 Å². The summed E-state index contributed by atoms with van der Waals surface area (Å²) >= 11 is 3.36. The van der Waals surface area contributed by atoms with E-state index in [1.165, 1.54) is 12.1 Å². The SMILES string of the molecule is CC(C)(C)C(=O)N1CCC(C(=O)NCc2cc(F)ccc2Br)CC1. The first-order valence-electron chi connectivity index (χ1n) is 8.19. The lowest BCUT2D eigenvalue weighted by Crippen LogP contribution is -2.46. The number of halogens is 2. The van der Waals surface area contributed by atoms with Crippen LogP contribution in [-0.2, 0) is 16.1 Å². The molecule has 0 spiro atoms. The lowest BCUT2D eigenvalue weighted by molar-refractivity contribution is -0.142. The first-order valence-corrected chi connectivity index (χ1v) is 8.99. The number of nitrogens with zero attached hydrogens (tertiary/aromatic N) is 1. The third-order valence-corrected chi connectivity index (χ3v) is 5.03. The molecular formula is C18H24BrFN2O2. The first kappa shape index (κ1) is 18.9. The molecule has 0 atom stereocenters. The van der Waals surface area contributed by atoms with Crippen LogP contribution in [0, 0.1) is 17.2 Å². The number of carbonyl (C=O) groups is 2. The second kappa shape index (κ2) is 7.64. The summed E-state index contributed by atoms with van der Waals surface area (Å²) in [4.78, 5) is 26.4. The molecule has 2 rings (SSSR count). The molecule has 0 unspecified atom stereocenters. The third-order valence-electron chi connectivity index (χ3n) is 4.26. The number of nitrogens with one attached hydrogen (secondary N) is 1. The van der Waals surface area contributed by atoms with Crippen LogP contribution in [0.2, 0.25) is 0 Å². The number of amides is 2. The van der Waals surface area contributed by atoms with Gasteiger partial charge in [0.05, 0.1) is 0 Å². The predicted octanol–water partition coefficient (Wildman–Crippen LogP) is 3.49. The van der Waals surface area contributed by atoms with Gasteiger partial charge < -0.3 is 10.2 Å². The quantitative estimate of drug-likeness (QED) is 0.846. The molecule has 0 aliphatic carbocycles. The summed E-state index contributed by atoms with van der Waals surface area (Å²) in [5.74, 6) is -0.322. The van der Waals surface area contributed by atoms with Gasteiger partial charge in [0.15, 0.2) is 0 Å². The Balaban J connectivity index is 1.85. The number of piperidine rings is 1. The van der Waals surface area contributed by atoms with Crippen molar-refractivity contribution in [1.82, 2.24) is 10.2 Å². The molecule has 4 nitrogen and oxygen atoms in total. The van der Waals surface area contributed by atoms with Crippen LogP contribution in [-0.4, -0.2) is 29.8 Å². The molecule has 0 saturated carbocycles. The average Bonchev–Trinajstić information content (AvgIpc) is 2.54. The molecule has 1 heterocycles. The molecule has 6 heteroatoms. The van der Waals surface area contributed by atoms with Crippen molar-refractivity contribution in [2.24, 2.45) is 11.3 Å². The summed E-state index contributed by atoms with van der Waals surface area (Å²) in [6.07, 6.45) is 1.33. The molecule has 1 aliphatic rings. The zero-order valence-electron chi connectivity index (χ0n) is 14.4. The van der Waals surface area contributed by atoms with Crippen LogP contribution in [0.1, 0.15) is 39.2 Å². The van der Waals surface area contributed by atoms with Gasteiger partial charge in [0.1, 0.15) is 5.82 Å². The number of benzene rings is 1. The smallest absolute Gasteiger partial charge is 0.227 e. The molecule has 0 aromatic heterocycles. The lowest BCUT2D eigenvalue weighted by Gasteiger charge is -2.35. The predicted molar refractivity (Wildman–Crippen MR) is 94.7 cm³/mol. The minimum absolute atomic E-state index is 0.0333. The summed E-state index contributed by atoms with van der Waals surface area (Å²) < 4.78 is 14.0.